The number of rotatable bonds is 2. The largest absolute Gasteiger partial charge is 0.299 e. The predicted molar refractivity (Wildman–Crippen MR) is 73.8 cm³/mol. The fourth-order valence-electron chi connectivity index (χ4n) is 2.42. The summed E-state index contributed by atoms with van der Waals surface area (Å²) < 4.78 is 1.81. The average Bonchev–Trinajstić information content (AvgIpc) is 2.70. The van der Waals surface area contributed by atoms with Crippen LogP contribution in [-0.4, -0.2) is 23.0 Å². The molecule has 17 heavy (non-hydrogen) atoms. The normalized spacial score (nSPS) is 17.7. The minimum absolute atomic E-state index is 0.634. The van der Waals surface area contributed by atoms with E-state index < -0.39 is 0 Å². The summed E-state index contributed by atoms with van der Waals surface area (Å²) in [6.45, 7) is 3.51. The van der Waals surface area contributed by atoms with Gasteiger partial charge in [0, 0.05) is 6.54 Å². The molecule has 3 rings (SSSR count). The van der Waals surface area contributed by atoms with Gasteiger partial charge in [-0.25, -0.2) is 4.98 Å². The number of piperidine rings is 1. The van der Waals surface area contributed by atoms with Crippen LogP contribution in [0.5, 0.6) is 0 Å². The van der Waals surface area contributed by atoms with E-state index in [1.165, 1.54) is 42.6 Å². The van der Waals surface area contributed by atoms with E-state index in [-0.39, 0.29) is 0 Å². The minimum Gasteiger partial charge on any atom is -0.299 e. The van der Waals surface area contributed by atoms with Gasteiger partial charge in [-0.3, -0.25) is 4.90 Å². The number of hydrogen-bond donors (Lipinski definition) is 0. The van der Waals surface area contributed by atoms with Crippen molar-refractivity contribution in [1.82, 2.24) is 9.88 Å². The molecule has 2 heterocycles. The van der Waals surface area contributed by atoms with Crippen molar-refractivity contribution in [2.75, 3.05) is 13.1 Å². The van der Waals surface area contributed by atoms with Crippen molar-refractivity contribution in [3.8, 4) is 0 Å². The van der Waals surface area contributed by atoms with Crippen LogP contribution < -0.4 is 0 Å². The predicted octanol–water partition coefficient (Wildman–Crippen LogP) is 3.94. The number of nitrogens with zero attached hydrogens (tertiary/aromatic N) is 2. The molecule has 1 fully saturated rings. The SMILES string of the molecule is Clc1nc2cc(CN3CCCCC3)ccc2s1. The first kappa shape index (κ1) is 11.5. The number of halogens is 1. The second-order valence-corrected chi connectivity index (χ2v) is 6.22. The zero-order chi connectivity index (χ0) is 11.7. The highest BCUT2D eigenvalue weighted by Gasteiger charge is 2.11. The fraction of sp³-hybridized carbons (Fsp3) is 0.462. The maximum absolute atomic E-state index is 5.92. The van der Waals surface area contributed by atoms with Gasteiger partial charge in [0.1, 0.15) is 0 Å². The molecule has 0 aliphatic carbocycles. The Morgan fingerprint density at radius 2 is 2.06 bits per heavy atom. The van der Waals surface area contributed by atoms with E-state index in [1.807, 2.05) is 0 Å². The third kappa shape index (κ3) is 2.62. The van der Waals surface area contributed by atoms with Crippen molar-refractivity contribution in [2.24, 2.45) is 0 Å². The molecule has 4 heteroatoms. The van der Waals surface area contributed by atoms with Gasteiger partial charge in [-0.2, -0.15) is 0 Å². The lowest BCUT2D eigenvalue weighted by Crippen LogP contribution is -2.29. The Hall–Kier alpha value is -0.640. The van der Waals surface area contributed by atoms with Crippen LogP contribution in [-0.2, 0) is 6.54 Å². The first-order chi connectivity index (χ1) is 8.31. The maximum Gasteiger partial charge on any atom is 0.184 e. The summed E-state index contributed by atoms with van der Waals surface area (Å²) in [4.78, 5) is 6.86. The molecule has 0 amide bonds. The molecule has 0 unspecified atom stereocenters. The summed E-state index contributed by atoms with van der Waals surface area (Å²) in [5, 5.41) is 0. The summed E-state index contributed by atoms with van der Waals surface area (Å²) >= 11 is 7.47. The van der Waals surface area contributed by atoms with Crippen LogP contribution in [0.3, 0.4) is 0 Å². The lowest BCUT2D eigenvalue weighted by atomic mass is 10.1. The molecule has 0 bridgehead atoms. The quantitative estimate of drug-likeness (QED) is 0.819. The van der Waals surface area contributed by atoms with Gasteiger partial charge in [0.05, 0.1) is 10.2 Å². The number of likely N-dealkylation sites (tertiary alicyclic amines) is 1. The highest BCUT2D eigenvalue weighted by atomic mass is 35.5. The van der Waals surface area contributed by atoms with Crippen LogP contribution in [0.25, 0.3) is 10.2 Å². The van der Waals surface area contributed by atoms with Crippen molar-refractivity contribution in [3.63, 3.8) is 0 Å². The molecule has 0 spiro atoms. The van der Waals surface area contributed by atoms with Crippen LogP contribution >= 0.6 is 22.9 Å². The molecule has 1 saturated heterocycles. The molecule has 1 aliphatic heterocycles. The first-order valence-electron chi connectivity index (χ1n) is 6.08. The Morgan fingerprint density at radius 3 is 2.88 bits per heavy atom. The van der Waals surface area contributed by atoms with Gasteiger partial charge in [0.15, 0.2) is 4.47 Å². The van der Waals surface area contributed by atoms with Crippen molar-refractivity contribution in [2.45, 2.75) is 25.8 Å². The van der Waals surface area contributed by atoms with Crippen molar-refractivity contribution < 1.29 is 0 Å². The molecule has 0 saturated carbocycles. The van der Waals surface area contributed by atoms with E-state index in [4.69, 9.17) is 11.6 Å². The third-order valence-corrected chi connectivity index (χ3v) is 4.42. The summed E-state index contributed by atoms with van der Waals surface area (Å²) in [7, 11) is 0. The van der Waals surface area contributed by atoms with Gasteiger partial charge in [0.25, 0.3) is 0 Å². The lowest BCUT2D eigenvalue weighted by Gasteiger charge is -2.26. The standard InChI is InChI=1S/C13H15ClN2S/c14-13-15-11-8-10(4-5-12(11)17-13)9-16-6-2-1-3-7-16/h4-5,8H,1-3,6-7,9H2. The van der Waals surface area contributed by atoms with Gasteiger partial charge in [0.2, 0.25) is 0 Å². The van der Waals surface area contributed by atoms with Gasteiger partial charge >= 0.3 is 0 Å². The number of thiazole rings is 1. The zero-order valence-electron chi connectivity index (χ0n) is 9.66. The second kappa shape index (κ2) is 4.92. The second-order valence-electron chi connectivity index (χ2n) is 4.61. The van der Waals surface area contributed by atoms with Gasteiger partial charge < -0.3 is 0 Å². The number of fused-ring (bicyclic) bond motifs is 1. The highest BCUT2D eigenvalue weighted by Crippen LogP contribution is 2.26. The molecular weight excluding hydrogens is 252 g/mol. The Labute approximate surface area is 110 Å². The van der Waals surface area contributed by atoms with Crippen molar-refractivity contribution in [1.29, 1.82) is 0 Å². The monoisotopic (exact) mass is 266 g/mol. The topological polar surface area (TPSA) is 16.1 Å². The Balaban J connectivity index is 1.79. The Bertz CT molecular complexity index is 517. The van der Waals surface area contributed by atoms with Crippen molar-refractivity contribution in [3.05, 3.63) is 28.2 Å². The molecule has 1 aromatic carbocycles. The molecule has 90 valence electrons. The zero-order valence-corrected chi connectivity index (χ0v) is 11.2. The van der Waals surface area contributed by atoms with Gasteiger partial charge in [-0.05, 0) is 43.6 Å². The van der Waals surface area contributed by atoms with E-state index in [9.17, 15) is 0 Å². The van der Waals surface area contributed by atoms with E-state index in [0.29, 0.717) is 4.47 Å². The van der Waals surface area contributed by atoms with E-state index in [0.717, 1.165) is 12.1 Å². The van der Waals surface area contributed by atoms with Crippen LogP contribution in [0, 0.1) is 0 Å². The average molecular weight is 267 g/mol. The molecule has 1 aromatic heterocycles. The molecule has 0 atom stereocenters. The minimum atomic E-state index is 0.634. The molecule has 2 aromatic rings. The molecular formula is C13H15ClN2S. The molecule has 0 radical (unpaired) electrons. The maximum atomic E-state index is 5.92. The summed E-state index contributed by atoms with van der Waals surface area (Å²) in [5.74, 6) is 0. The summed E-state index contributed by atoms with van der Waals surface area (Å²) in [6, 6.07) is 6.51. The Morgan fingerprint density at radius 1 is 1.24 bits per heavy atom. The molecule has 1 aliphatic rings. The smallest absolute Gasteiger partial charge is 0.184 e. The third-order valence-electron chi connectivity index (χ3n) is 3.28. The highest BCUT2D eigenvalue weighted by molar-refractivity contribution is 7.22. The van der Waals surface area contributed by atoms with Crippen LogP contribution in [0.15, 0.2) is 18.2 Å². The van der Waals surface area contributed by atoms with Crippen molar-refractivity contribution >= 4 is 33.2 Å². The van der Waals surface area contributed by atoms with E-state index in [1.54, 1.807) is 11.3 Å². The number of aromatic nitrogens is 1. The van der Waals surface area contributed by atoms with Gasteiger partial charge in [-0.1, -0.05) is 24.1 Å². The molecule has 0 N–H and O–H groups in total. The summed E-state index contributed by atoms with van der Waals surface area (Å²) in [5.41, 5.74) is 2.39. The van der Waals surface area contributed by atoms with Crippen LogP contribution in [0.1, 0.15) is 24.8 Å². The van der Waals surface area contributed by atoms with Crippen LogP contribution in [0.2, 0.25) is 4.47 Å². The lowest BCUT2D eigenvalue weighted by molar-refractivity contribution is 0.221. The molecule has 2 nitrogen and oxygen atoms in total. The van der Waals surface area contributed by atoms with E-state index in [2.05, 4.69) is 28.1 Å². The fourth-order valence-corrected chi connectivity index (χ4v) is 3.43. The number of benzene rings is 1. The Kier molecular flexibility index (Phi) is 3.32. The van der Waals surface area contributed by atoms with E-state index >= 15 is 0 Å². The number of hydrogen-bond acceptors (Lipinski definition) is 3. The first-order valence-corrected chi connectivity index (χ1v) is 7.28. The summed E-state index contributed by atoms with van der Waals surface area (Å²) in [6.07, 6.45) is 4.06. The van der Waals surface area contributed by atoms with Crippen LogP contribution in [0.4, 0.5) is 0 Å². The van der Waals surface area contributed by atoms with Gasteiger partial charge in [-0.15, -0.1) is 11.3 Å².